The van der Waals surface area contributed by atoms with Crippen LogP contribution in [0.5, 0.6) is 5.75 Å². The first kappa shape index (κ1) is 13.0. The number of nitrogens with one attached hydrogen (secondary N) is 1. The summed E-state index contributed by atoms with van der Waals surface area (Å²) in [5.74, 6) is 0.967. The molecule has 0 saturated heterocycles. The van der Waals surface area contributed by atoms with E-state index in [1.165, 1.54) is 5.56 Å². The largest absolute Gasteiger partial charge is 0.492 e. The summed E-state index contributed by atoms with van der Waals surface area (Å²) in [7, 11) is 0. The number of hydrogen-bond donors (Lipinski definition) is 1. The molecule has 0 aliphatic heterocycles. The summed E-state index contributed by atoms with van der Waals surface area (Å²) in [6.07, 6.45) is 0. The molecule has 1 rings (SSSR count). The fourth-order valence-electron chi connectivity index (χ4n) is 1.37. The maximum atomic E-state index is 5.64. The molecule has 0 aliphatic carbocycles. The minimum atomic E-state index is 0.691. The molecule has 0 aliphatic rings. The van der Waals surface area contributed by atoms with Crippen molar-refractivity contribution >= 4 is 0 Å². The highest BCUT2D eigenvalue weighted by molar-refractivity contribution is 5.31. The van der Waals surface area contributed by atoms with Crippen molar-refractivity contribution < 1.29 is 9.47 Å². The summed E-state index contributed by atoms with van der Waals surface area (Å²) in [5, 5.41) is 3.26. The molecule has 3 nitrogen and oxygen atoms in total. The van der Waals surface area contributed by atoms with Crippen molar-refractivity contribution in [2.45, 2.75) is 13.8 Å². The molecule has 16 heavy (non-hydrogen) atoms. The first-order chi connectivity index (χ1) is 7.84. The molecular formula is C13H21NO2. The fourth-order valence-corrected chi connectivity index (χ4v) is 1.37. The quantitative estimate of drug-likeness (QED) is 0.684. The predicted octanol–water partition coefficient (Wildman–Crippen LogP) is 2.00. The van der Waals surface area contributed by atoms with Gasteiger partial charge in [-0.1, -0.05) is 18.2 Å². The van der Waals surface area contributed by atoms with E-state index in [1.54, 1.807) is 0 Å². The Labute approximate surface area is 97.8 Å². The highest BCUT2D eigenvalue weighted by Gasteiger charge is 1.96. The first-order valence-corrected chi connectivity index (χ1v) is 5.81. The summed E-state index contributed by atoms with van der Waals surface area (Å²) < 4.78 is 10.9. The number of benzene rings is 1. The van der Waals surface area contributed by atoms with Gasteiger partial charge in [-0.3, -0.25) is 0 Å². The molecule has 0 spiro atoms. The lowest BCUT2D eigenvalue weighted by Gasteiger charge is -2.09. The van der Waals surface area contributed by atoms with E-state index in [-0.39, 0.29) is 0 Å². The van der Waals surface area contributed by atoms with Crippen molar-refractivity contribution in [1.82, 2.24) is 5.32 Å². The van der Waals surface area contributed by atoms with Crippen LogP contribution in [0.3, 0.4) is 0 Å². The first-order valence-electron chi connectivity index (χ1n) is 5.81. The van der Waals surface area contributed by atoms with Gasteiger partial charge in [0.1, 0.15) is 12.4 Å². The van der Waals surface area contributed by atoms with Crippen LogP contribution in [0.25, 0.3) is 0 Å². The lowest BCUT2D eigenvalue weighted by Crippen LogP contribution is -2.25. The molecule has 0 atom stereocenters. The van der Waals surface area contributed by atoms with E-state index >= 15 is 0 Å². The lowest BCUT2D eigenvalue weighted by molar-refractivity contribution is 0.148. The number of ether oxygens (including phenoxy) is 2. The molecule has 1 aromatic rings. The van der Waals surface area contributed by atoms with E-state index in [4.69, 9.17) is 9.47 Å². The maximum Gasteiger partial charge on any atom is 0.122 e. The summed E-state index contributed by atoms with van der Waals surface area (Å²) in [6.45, 7) is 8.02. The third-order valence-electron chi connectivity index (χ3n) is 2.26. The van der Waals surface area contributed by atoms with E-state index in [1.807, 2.05) is 25.1 Å². The normalized spacial score (nSPS) is 10.4. The smallest absolute Gasteiger partial charge is 0.122 e. The topological polar surface area (TPSA) is 30.5 Å². The molecule has 0 bridgehead atoms. The van der Waals surface area contributed by atoms with Crippen molar-refractivity contribution in [3.05, 3.63) is 29.8 Å². The minimum Gasteiger partial charge on any atom is -0.492 e. The Morgan fingerprint density at radius 3 is 2.62 bits per heavy atom. The van der Waals surface area contributed by atoms with Crippen LogP contribution in [0.1, 0.15) is 12.5 Å². The second-order valence-corrected chi connectivity index (χ2v) is 3.56. The van der Waals surface area contributed by atoms with Gasteiger partial charge >= 0.3 is 0 Å². The van der Waals surface area contributed by atoms with E-state index in [9.17, 15) is 0 Å². The number of aryl methyl sites for hydroxylation is 1. The van der Waals surface area contributed by atoms with Gasteiger partial charge in [0.25, 0.3) is 0 Å². The number of hydrogen-bond acceptors (Lipinski definition) is 3. The number of rotatable bonds is 8. The van der Waals surface area contributed by atoms with Gasteiger partial charge in [-0.15, -0.1) is 0 Å². The molecular weight excluding hydrogens is 202 g/mol. The van der Waals surface area contributed by atoms with E-state index in [0.717, 1.165) is 32.1 Å². The molecule has 0 radical (unpaired) electrons. The molecule has 3 heteroatoms. The predicted molar refractivity (Wildman–Crippen MR) is 66.0 cm³/mol. The van der Waals surface area contributed by atoms with E-state index in [2.05, 4.69) is 18.3 Å². The zero-order valence-electron chi connectivity index (χ0n) is 10.2. The third-order valence-corrected chi connectivity index (χ3v) is 2.26. The monoisotopic (exact) mass is 223 g/mol. The molecule has 0 fully saturated rings. The zero-order chi connectivity index (χ0) is 11.6. The second kappa shape index (κ2) is 8.13. The van der Waals surface area contributed by atoms with Crippen LogP contribution in [0.4, 0.5) is 0 Å². The summed E-state index contributed by atoms with van der Waals surface area (Å²) in [6, 6.07) is 8.06. The Bertz CT molecular complexity index is 289. The fraction of sp³-hybridized carbons (Fsp3) is 0.538. The molecule has 0 unspecified atom stereocenters. The van der Waals surface area contributed by atoms with Crippen LogP contribution in [-0.2, 0) is 4.74 Å². The molecule has 0 aromatic heterocycles. The van der Waals surface area contributed by atoms with E-state index < -0.39 is 0 Å². The molecule has 90 valence electrons. The number of para-hydroxylation sites is 1. The van der Waals surface area contributed by atoms with Gasteiger partial charge in [0.15, 0.2) is 0 Å². The van der Waals surface area contributed by atoms with Gasteiger partial charge in [-0.05, 0) is 25.5 Å². The highest BCUT2D eigenvalue weighted by atomic mass is 16.5. The standard InChI is InChI=1S/C13H21NO2/c1-3-15-10-8-14-9-11-16-13-7-5-4-6-12(13)2/h4-7,14H,3,8-11H2,1-2H3. The van der Waals surface area contributed by atoms with Crippen molar-refractivity contribution in [3.8, 4) is 5.75 Å². The minimum absolute atomic E-state index is 0.691. The van der Waals surface area contributed by atoms with Crippen LogP contribution in [-0.4, -0.2) is 32.9 Å². The van der Waals surface area contributed by atoms with Crippen molar-refractivity contribution in [2.75, 3.05) is 32.9 Å². The van der Waals surface area contributed by atoms with Gasteiger partial charge in [0.05, 0.1) is 6.61 Å². The van der Waals surface area contributed by atoms with Crippen LogP contribution < -0.4 is 10.1 Å². The molecule has 0 amide bonds. The Kier molecular flexibility index (Phi) is 6.61. The van der Waals surface area contributed by atoms with Crippen LogP contribution in [0.2, 0.25) is 0 Å². The second-order valence-electron chi connectivity index (χ2n) is 3.56. The lowest BCUT2D eigenvalue weighted by atomic mass is 10.2. The van der Waals surface area contributed by atoms with Gasteiger partial charge in [0.2, 0.25) is 0 Å². The van der Waals surface area contributed by atoms with Gasteiger partial charge in [0, 0.05) is 19.7 Å². The average molecular weight is 223 g/mol. The molecule has 0 saturated carbocycles. The Balaban J connectivity index is 2.05. The summed E-state index contributed by atoms with van der Waals surface area (Å²) >= 11 is 0. The van der Waals surface area contributed by atoms with Gasteiger partial charge in [-0.2, -0.15) is 0 Å². The Hall–Kier alpha value is -1.06. The summed E-state index contributed by atoms with van der Waals surface area (Å²) in [5.41, 5.74) is 1.18. The Morgan fingerprint density at radius 1 is 1.12 bits per heavy atom. The Morgan fingerprint density at radius 2 is 1.88 bits per heavy atom. The van der Waals surface area contributed by atoms with Crippen molar-refractivity contribution in [3.63, 3.8) is 0 Å². The van der Waals surface area contributed by atoms with Crippen LogP contribution >= 0.6 is 0 Å². The maximum absolute atomic E-state index is 5.64. The van der Waals surface area contributed by atoms with Crippen molar-refractivity contribution in [1.29, 1.82) is 0 Å². The SMILES string of the molecule is CCOCCNCCOc1ccccc1C. The molecule has 1 aromatic carbocycles. The van der Waals surface area contributed by atoms with Gasteiger partial charge in [-0.25, -0.2) is 0 Å². The van der Waals surface area contributed by atoms with Crippen LogP contribution in [0.15, 0.2) is 24.3 Å². The zero-order valence-corrected chi connectivity index (χ0v) is 10.2. The highest BCUT2D eigenvalue weighted by Crippen LogP contribution is 2.15. The van der Waals surface area contributed by atoms with Crippen LogP contribution in [0, 0.1) is 6.92 Å². The van der Waals surface area contributed by atoms with Gasteiger partial charge < -0.3 is 14.8 Å². The molecule has 1 N–H and O–H groups in total. The average Bonchev–Trinajstić information content (AvgIpc) is 2.30. The molecule has 0 heterocycles. The van der Waals surface area contributed by atoms with E-state index in [0.29, 0.717) is 6.61 Å². The van der Waals surface area contributed by atoms with Crippen molar-refractivity contribution in [2.24, 2.45) is 0 Å². The third kappa shape index (κ3) is 5.14. The summed E-state index contributed by atoms with van der Waals surface area (Å²) in [4.78, 5) is 0.